The van der Waals surface area contributed by atoms with E-state index in [1.54, 1.807) is 34.5 Å². The highest BCUT2D eigenvalue weighted by molar-refractivity contribution is 8.23. The first-order chi connectivity index (χ1) is 8.64. The van der Waals surface area contributed by atoms with Crippen LogP contribution in [0, 0.1) is 0 Å². The summed E-state index contributed by atoms with van der Waals surface area (Å²) in [4.78, 5) is 0. The van der Waals surface area contributed by atoms with E-state index in [9.17, 15) is 0 Å². The quantitative estimate of drug-likeness (QED) is 0.776. The molecule has 0 bridgehead atoms. The van der Waals surface area contributed by atoms with Gasteiger partial charge in [-0.15, -0.1) is 11.8 Å². The molecule has 0 saturated heterocycles. The second-order valence-corrected chi connectivity index (χ2v) is 4.70. The van der Waals surface area contributed by atoms with E-state index in [-0.39, 0.29) is 0 Å². The Labute approximate surface area is 117 Å². The van der Waals surface area contributed by atoms with Crippen molar-refractivity contribution in [2.24, 2.45) is 0 Å². The number of thiocarbonyl (C=S) groups is 1. The first kappa shape index (κ1) is 14.9. The predicted molar refractivity (Wildman–Crippen MR) is 77.9 cm³/mol. The van der Waals surface area contributed by atoms with Crippen LogP contribution in [0.3, 0.4) is 0 Å². The van der Waals surface area contributed by atoms with Crippen LogP contribution in [0.25, 0.3) is 0 Å². The van der Waals surface area contributed by atoms with Gasteiger partial charge in [-0.3, -0.25) is 0 Å². The Morgan fingerprint density at radius 2 is 1.50 bits per heavy atom. The average molecular weight is 288 g/mol. The van der Waals surface area contributed by atoms with Crippen LogP contribution in [0.5, 0.6) is 23.0 Å². The van der Waals surface area contributed by atoms with E-state index in [0.29, 0.717) is 32.8 Å². The molecule has 0 fully saturated rings. The minimum absolute atomic E-state index is 0.507. The normalized spacial score (nSPS) is 9.83. The van der Waals surface area contributed by atoms with Crippen molar-refractivity contribution < 1.29 is 18.9 Å². The van der Waals surface area contributed by atoms with Gasteiger partial charge in [0.15, 0.2) is 11.5 Å². The smallest absolute Gasteiger partial charge is 0.204 e. The van der Waals surface area contributed by atoms with Crippen molar-refractivity contribution in [1.29, 1.82) is 0 Å². The Hall–Kier alpha value is -1.14. The standard InChI is InChI=1S/C12H16O4S2/c1-13-7-6-8(14-2)10(15-3)11(16-4)9(7)12(17)18-5/h6H,1-5H3. The number of thioether (sulfide) groups is 1. The van der Waals surface area contributed by atoms with Crippen molar-refractivity contribution in [3.63, 3.8) is 0 Å². The summed E-state index contributed by atoms with van der Waals surface area (Å²) in [5.74, 6) is 2.17. The van der Waals surface area contributed by atoms with Crippen molar-refractivity contribution in [2.45, 2.75) is 0 Å². The maximum atomic E-state index is 5.39. The highest BCUT2D eigenvalue weighted by Gasteiger charge is 2.23. The van der Waals surface area contributed by atoms with Gasteiger partial charge >= 0.3 is 0 Å². The van der Waals surface area contributed by atoms with Crippen LogP contribution in [-0.2, 0) is 0 Å². The van der Waals surface area contributed by atoms with Gasteiger partial charge < -0.3 is 18.9 Å². The van der Waals surface area contributed by atoms with Crippen molar-refractivity contribution in [3.8, 4) is 23.0 Å². The summed E-state index contributed by atoms with van der Waals surface area (Å²) in [6.45, 7) is 0. The number of hydrogen-bond donors (Lipinski definition) is 0. The van der Waals surface area contributed by atoms with Gasteiger partial charge in [0.05, 0.1) is 38.2 Å². The SMILES string of the molecule is COc1cc(OC)c(C(=S)SC)c(OC)c1OC. The lowest BCUT2D eigenvalue weighted by molar-refractivity contribution is 0.318. The summed E-state index contributed by atoms with van der Waals surface area (Å²) < 4.78 is 22.0. The van der Waals surface area contributed by atoms with Crippen molar-refractivity contribution >= 4 is 28.2 Å². The molecule has 0 amide bonds. The fraction of sp³-hybridized carbons (Fsp3) is 0.417. The minimum atomic E-state index is 0.507. The van der Waals surface area contributed by atoms with Gasteiger partial charge in [-0.2, -0.15) is 0 Å². The average Bonchev–Trinajstić information content (AvgIpc) is 2.43. The zero-order chi connectivity index (χ0) is 13.7. The van der Waals surface area contributed by atoms with E-state index >= 15 is 0 Å². The van der Waals surface area contributed by atoms with Crippen molar-refractivity contribution in [3.05, 3.63) is 11.6 Å². The summed E-state index contributed by atoms with van der Waals surface area (Å²) in [7, 11) is 6.25. The third-order valence-corrected chi connectivity index (χ3v) is 3.68. The maximum Gasteiger partial charge on any atom is 0.204 e. The van der Waals surface area contributed by atoms with Crippen LogP contribution in [0.4, 0.5) is 0 Å². The highest BCUT2D eigenvalue weighted by atomic mass is 32.2. The Morgan fingerprint density at radius 1 is 0.944 bits per heavy atom. The number of methoxy groups -OCH3 is 4. The van der Waals surface area contributed by atoms with E-state index in [4.69, 9.17) is 31.2 Å². The monoisotopic (exact) mass is 288 g/mol. The molecule has 0 aliphatic carbocycles. The lowest BCUT2D eigenvalue weighted by Crippen LogP contribution is -2.04. The number of hydrogen-bond acceptors (Lipinski definition) is 6. The van der Waals surface area contributed by atoms with Gasteiger partial charge in [0.1, 0.15) is 5.75 Å². The third kappa shape index (κ3) is 2.64. The zero-order valence-electron chi connectivity index (χ0n) is 11.0. The highest BCUT2D eigenvalue weighted by Crippen LogP contribution is 2.46. The first-order valence-electron chi connectivity index (χ1n) is 5.09. The van der Waals surface area contributed by atoms with Gasteiger partial charge in [-0.25, -0.2) is 0 Å². The van der Waals surface area contributed by atoms with E-state index < -0.39 is 0 Å². The zero-order valence-corrected chi connectivity index (χ0v) is 12.7. The van der Waals surface area contributed by atoms with Crippen LogP contribution >= 0.6 is 24.0 Å². The molecule has 0 aromatic heterocycles. The Balaban J connectivity index is 3.60. The Bertz CT molecular complexity index is 446. The molecule has 0 spiro atoms. The van der Waals surface area contributed by atoms with Crippen LogP contribution in [0.15, 0.2) is 6.07 Å². The first-order valence-corrected chi connectivity index (χ1v) is 6.73. The lowest BCUT2D eigenvalue weighted by Gasteiger charge is -2.18. The van der Waals surface area contributed by atoms with Crippen LogP contribution < -0.4 is 18.9 Å². The minimum Gasteiger partial charge on any atom is -0.496 e. The molecule has 4 nitrogen and oxygen atoms in total. The van der Waals surface area contributed by atoms with Crippen LogP contribution in [-0.4, -0.2) is 38.9 Å². The van der Waals surface area contributed by atoms with Crippen LogP contribution in [0.1, 0.15) is 5.56 Å². The number of rotatable bonds is 5. The lowest BCUT2D eigenvalue weighted by atomic mass is 10.1. The largest absolute Gasteiger partial charge is 0.496 e. The van der Waals surface area contributed by atoms with E-state index in [2.05, 4.69) is 0 Å². The molecule has 6 heteroatoms. The summed E-state index contributed by atoms with van der Waals surface area (Å²) in [5, 5.41) is 0. The molecule has 0 radical (unpaired) electrons. The number of ether oxygens (including phenoxy) is 4. The van der Waals surface area contributed by atoms with Gasteiger partial charge in [-0.1, -0.05) is 12.2 Å². The molecule has 1 aromatic rings. The Morgan fingerprint density at radius 3 is 1.89 bits per heavy atom. The second kappa shape index (κ2) is 6.70. The third-order valence-electron chi connectivity index (χ3n) is 2.40. The Kier molecular flexibility index (Phi) is 5.55. The van der Waals surface area contributed by atoms with Gasteiger partial charge in [0, 0.05) is 6.07 Å². The molecular formula is C12H16O4S2. The molecule has 1 rings (SSSR count). The molecule has 0 atom stereocenters. The van der Waals surface area contributed by atoms with E-state index in [1.807, 2.05) is 6.26 Å². The van der Waals surface area contributed by atoms with Gasteiger partial charge in [0.25, 0.3) is 0 Å². The summed E-state index contributed by atoms with van der Waals surface area (Å²) in [6, 6.07) is 1.74. The fourth-order valence-electron chi connectivity index (χ4n) is 1.59. The summed E-state index contributed by atoms with van der Waals surface area (Å²) >= 11 is 6.77. The molecule has 100 valence electrons. The van der Waals surface area contributed by atoms with E-state index in [1.165, 1.54) is 11.8 Å². The van der Waals surface area contributed by atoms with Crippen LogP contribution in [0.2, 0.25) is 0 Å². The van der Waals surface area contributed by atoms with Gasteiger partial charge in [0.2, 0.25) is 5.75 Å². The van der Waals surface area contributed by atoms with Gasteiger partial charge in [-0.05, 0) is 6.26 Å². The molecule has 18 heavy (non-hydrogen) atoms. The fourth-order valence-corrected chi connectivity index (χ4v) is 2.18. The summed E-state index contributed by atoms with van der Waals surface area (Å²) in [5.41, 5.74) is 0.708. The molecule has 0 aliphatic rings. The molecule has 0 unspecified atom stereocenters. The van der Waals surface area contributed by atoms with E-state index in [0.717, 1.165) is 0 Å². The van der Waals surface area contributed by atoms with Crippen molar-refractivity contribution in [2.75, 3.05) is 34.7 Å². The molecule has 0 aliphatic heterocycles. The molecule has 0 heterocycles. The molecule has 0 N–H and O–H groups in total. The predicted octanol–water partition coefficient (Wildman–Crippen LogP) is 2.76. The number of benzene rings is 1. The maximum absolute atomic E-state index is 5.39. The summed E-state index contributed by atoms with van der Waals surface area (Å²) in [6.07, 6.45) is 1.90. The second-order valence-electron chi connectivity index (χ2n) is 3.21. The molecule has 0 saturated carbocycles. The topological polar surface area (TPSA) is 36.9 Å². The molecular weight excluding hydrogens is 272 g/mol. The molecule has 1 aromatic carbocycles. The van der Waals surface area contributed by atoms with Crippen molar-refractivity contribution in [1.82, 2.24) is 0 Å².